The normalized spacial score (nSPS) is 22.6. The van der Waals surface area contributed by atoms with Gasteiger partial charge < -0.3 is 15.2 Å². The number of hydrogen-bond acceptors (Lipinski definition) is 5. The molecule has 6 heteroatoms. The van der Waals surface area contributed by atoms with Gasteiger partial charge in [-0.1, -0.05) is 17.7 Å². The van der Waals surface area contributed by atoms with Crippen molar-refractivity contribution in [1.29, 1.82) is 0 Å². The van der Waals surface area contributed by atoms with Gasteiger partial charge in [-0.15, -0.1) is 0 Å². The molecule has 1 fully saturated rings. The topological polar surface area (TPSA) is 75.6 Å². The third-order valence-electron chi connectivity index (χ3n) is 3.34. The number of rotatable bonds is 6. The summed E-state index contributed by atoms with van der Waals surface area (Å²) >= 11 is 0. The van der Waals surface area contributed by atoms with Crippen LogP contribution in [0.15, 0.2) is 24.3 Å². The maximum atomic E-state index is 11.3. The minimum absolute atomic E-state index is 0.0472. The number of aliphatic hydroxyl groups excluding tert-OH is 1. The van der Waals surface area contributed by atoms with Crippen molar-refractivity contribution in [3.05, 3.63) is 29.8 Å². The molecule has 0 aliphatic carbocycles. The lowest BCUT2D eigenvalue weighted by molar-refractivity contribution is 0.104. The van der Waals surface area contributed by atoms with Crippen LogP contribution in [-0.2, 0) is 9.84 Å². The highest BCUT2D eigenvalue weighted by Crippen LogP contribution is 2.12. The van der Waals surface area contributed by atoms with Crippen molar-refractivity contribution in [2.24, 2.45) is 0 Å². The van der Waals surface area contributed by atoms with E-state index in [2.05, 4.69) is 5.32 Å². The van der Waals surface area contributed by atoms with E-state index in [0.29, 0.717) is 13.0 Å². The molecule has 0 saturated carbocycles. The van der Waals surface area contributed by atoms with Crippen molar-refractivity contribution >= 4 is 9.84 Å². The Bertz CT molecular complexity index is 527. The zero-order valence-electron chi connectivity index (χ0n) is 11.6. The number of aryl methyl sites for hydroxylation is 1. The second-order valence-corrected chi connectivity index (χ2v) is 7.51. The molecular weight excluding hydrogens is 278 g/mol. The summed E-state index contributed by atoms with van der Waals surface area (Å²) in [5.41, 5.74) is 1.15. The molecule has 0 spiro atoms. The first kappa shape index (κ1) is 15.3. The number of benzene rings is 1. The van der Waals surface area contributed by atoms with E-state index >= 15 is 0 Å². The van der Waals surface area contributed by atoms with Crippen LogP contribution in [0, 0.1) is 6.92 Å². The minimum atomic E-state index is -2.88. The molecular formula is C14H21NO4S. The van der Waals surface area contributed by atoms with Gasteiger partial charge in [0.25, 0.3) is 0 Å². The van der Waals surface area contributed by atoms with Crippen molar-refractivity contribution in [2.45, 2.75) is 25.5 Å². The summed E-state index contributed by atoms with van der Waals surface area (Å²) in [6.07, 6.45) is -0.0342. The third kappa shape index (κ3) is 4.77. The fourth-order valence-corrected chi connectivity index (χ4v) is 3.85. The number of ether oxygens (including phenoxy) is 1. The number of sulfone groups is 1. The van der Waals surface area contributed by atoms with Gasteiger partial charge >= 0.3 is 0 Å². The Morgan fingerprint density at radius 3 is 2.70 bits per heavy atom. The minimum Gasteiger partial charge on any atom is -0.491 e. The summed E-state index contributed by atoms with van der Waals surface area (Å²) in [6, 6.07) is 7.57. The Kier molecular flexibility index (Phi) is 5.01. The average molecular weight is 299 g/mol. The molecule has 1 aromatic carbocycles. The van der Waals surface area contributed by atoms with E-state index in [4.69, 9.17) is 4.74 Å². The van der Waals surface area contributed by atoms with E-state index in [1.54, 1.807) is 0 Å². The summed E-state index contributed by atoms with van der Waals surface area (Å²) in [7, 11) is -2.88. The van der Waals surface area contributed by atoms with Crippen LogP contribution in [0.2, 0.25) is 0 Å². The van der Waals surface area contributed by atoms with E-state index in [0.717, 1.165) is 11.3 Å². The summed E-state index contributed by atoms with van der Waals surface area (Å²) in [5.74, 6) is 1.12. The highest BCUT2D eigenvalue weighted by atomic mass is 32.2. The Morgan fingerprint density at radius 1 is 1.40 bits per heavy atom. The van der Waals surface area contributed by atoms with E-state index in [9.17, 15) is 13.5 Å². The molecule has 0 unspecified atom stereocenters. The van der Waals surface area contributed by atoms with Gasteiger partial charge in [0.2, 0.25) is 0 Å². The lowest BCUT2D eigenvalue weighted by atomic mass is 10.2. The van der Waals surface area contributed by atoms with Crippen LogP contribution in [0.3, 0.4) is 0 Å². The highest BCUT2D eigenvalue weighted by molar-refractivity contribution is 7.91. The van der Waals surface area contributed by atoms with E-state index < -0.39 is 15.9 Å². The van der Waals surface area contributed by atoms with Gasteiger partial charge in [-0.05, 0) is 25.5 Å². The molecule has 2 N–H and O–H groups in total. The van der Waals surface area contributed by atoms with Crippen LogP contribution < -0.4 is 10.1 Å². The summed E-state index contributed by atoms with van der Waals surface area (Å²) in [5, 5.41) is 12.9. The molecule has 20 heavy (non-hydrogen) atoms. The Morgan fingerprint density at radius 2 is 2.10 bits per heavy atom. The SMILES string of the molecule is Cc1ccc(OC[C@@H](O)CN[C@H]2CCS(=O)(=O)C2)cc1. The summed E-state index contributed by atoms with van der Waals surface area (Å²) in [6.45, 7) is 2.53. The quantitative estimate of drug-likeness (QED) is 0.800. The van der Waals surface area contributed by atoms with Crippen LogP contribution in [-0.4, -0.2) is 50.3 Å². The lowest BCUT2D eigenvalue weighted by Crippen LogP contribution is -2.38. The molecule has 0 bridgehead atoms. The maximum Gasteiger partial charge on any atom is 0.151 e. The highest BCUT2D eigenvalue weighted by Gasteiger charge is 2.27. The van der Waals surface area contributed by atoms with Crippen molar-refractivity contribution in [2.75, 3.05) is 24.7 Å². The first-order valence-electron chi connectivity index (χ1n) is 6.76. The number of hydrogen-bond donors (Lipinski definition) is 2. The number of nitrogens with one attached hydrogen (secondary N) is 1. The van der Waals surface area contributed by atoms with Gasteiger partial charge in [0.15, 0.2) is 9.84 Å². The van der Waals surface area contributed by atoms with Gasteiger partial charge in [-0.3, -0.25) is 0 Å². The van der Waals surface area contributed by atoms with Gasteiger partial charge in [-0.2, -0.15) is 0 Å². The molecule has 2 atom stereocenters. The second-order valence-electron chi connectivity index (χ2n) is 5.29. The van der Waals surface area contributed by atoms with Gasteiger partial charge in [-0.25, -0.2) is 8.42 Å². The van der Waals surface area contributed by atoms with E-state index in [-0.39, 0.29) is 24.2 Å². The van der Waals surface area contributed by atoms with Crippen LogP contribution in [0.4, 0.5) is 0 Å². The van der Waals surface area contributed by atoms with Crippen LogP contribution >= 0.6 is 0 Å². The molecule has 1 saturated heterocycles. The Hall–Kier alpha value is -1.11. The summed E-state index contributed by atoms with van der Waals surface area (Å²) < 4.78 is 28.1. The molecule has 0 amide bonds. The number of aliphatic hydroxyl groups is 1. The van der Waals surface area contributed by atoms with Crippen molar-refractivity contribution in [3.63, 3.8) is 0 Å². The molecule has 2 rings (SSSR count). The fourth-order valence-electron chi connectivity index (χ4n) is 2.14. The maximum absolute atomic E-state index is 11.3. The third-order valence-corrected chi connectivity index (χ3v) is 5.11. The average Bonchev–Trinajstić information content (AvgIpc) is 2.75. The van der Waals surface area contributed by atoms with Crippen LogP contribution in [0.25, 0.3) is 0 Å². The van der Waals surface area contributed by atoms with Gasteiger partial charge in [0.1, 0.15) is 18.5 Å². The fraction of sp³-hybridized carbons (Fsp3) is 0.571. The lowest BCUT2D eigenvalue weighted by Gasteiger charge is -2.16. The zero-order valence-corrected chi connectivity index (χ0v) is 12.4. The van der Waals surface area contributed by atoms with Crippen molar-refractivity contribution in [3.8, 4) is 5.75 Å². The van der Waals surface area contributed by atoms with Crippen LogP contribution in [0.1, 0.15) is 12.0 Å². The molecule has 5 nitrogen and oxygen atoms in total. The molecule has 0 aromatic heterocycles. The summed E-state index contributed by atoms with van der Waals surface area (Å²) in [4.78, 5) is 0. The van der Waals surface area contributed by atoms with E-state index in [1.807, 2.05) is 31.2 Å². The van der Waals surface area contributed by atoms with Crippen molar-refractivity contribution in [1.82, 2.24) is 5.32 Å². The molecule has 1 heterocycles. The van der Waals surface area contributed by atoms with Gasteiger partial charge in [0, 0.05) is 12.6 Å². The first-order valence-corrected chi connectivity index (χ1v) is 8.58. The van der Waals surface area contributed by atoms with E-state index in [1.165, 1.54) is 0 Å². The largest absolute Gasteiger partial charge is 0.491 e. The molecule has 1 aliphatic rings. The monoisotopic (exact) mass is 299 g/mol. The molecule has 112 valence electrons. The molecule has 1 aromatic rings. The Balaban J connectivity index is 1.68. The predicted molar refractivity (Wildman–Crippen MR) is 77.7 cm³/mol. The first-order chi connectivity index (χ1) is 9.44. The smallest absolute Gasteiger partial charge is 0.151 e. The van der Waals surface area contributed by atoms with Crippen LogP contribution in [0.5, 0.6) is 5.75 Å². The predicted octanol–water partition coefficient (Wildman–Crippen LogP) is 0.511. The molecule has 0 radical (unpaired) electrons. The Labute approximate surface area is 119 Å². The zero-order chi connectivity index (χ0) is 14.6. The van der Waals surface area contributed by atoms with Gasteiger partial charge in [0.05, 0.1) is 11.5 Å². The second kappa shape index (κ2) is 6.56. The molecule has 1 aliphatic heterocycles. The standard InChI is InChI=1S/C14H21NO4S/c1-11-2-4-14(5-3-11)19-9-13(16)8-15-12-6-7-20(17,18)10-12/h2-5,12-13,15-16H,6-10H2,1H3/t12-,13-/m0/s1. The van der Waals surface area contributed by atoms with Crippen molar-refractivity contribution < 1.29 is 18.3 Å².